The molecule has 0 saturated heterocycles. The van der Waals surface area contributed by atoms with Crippen molar-refractivity contribution in [1.29, 1.82) is 0 Å². The van der Waals surface area contributed by atoms with Gasteiger partial charge in [0.05, 0.1) is 6.20 Å². The first-order chi connectivity index (χ1) is 15.3. The zero-order valence-electron chi connectivity index (χ0n) is 16.8. The number of aromatic nitrogens is 3. The first-order valence-corrected chi connectivity index (χ1v) is 9.21. The second kappa shape index (κ2) is 8.70. The van der Waals surface area contributed by atoms with Gasteiger partial charge in [-0.15, -0.1) is 0 Å². The number of rotatable bonds is 5. The molecule has 6 nitrogen and oxygen atoms in total. The molecule has 1 aromatic carbocycles. The van der Waals surface area contributed by atoms with Crippen molar-refractivity contribution in [1.82, 2.24) is 14.8 Å². The van der Waals surface area contributed by atoms with Crippen LogP contribution in [0.1, 0.15) is 11.1 Å². The van der Waals surface area contributed by atoms with Gasteiger partial charge in [0, 0.05) is 54.1 Å². The topological polar surface area (TPSA) is 80.0 Å². The van der Waals surface area contributed by atoms with E-state index in [1.807, 2.05) is 0 Å². The van der Waals surface area contributed by atoms with E-state index >= 15 is 0 Å². The number of hydrogen-bond acceptors (Lipinski definition) is 4. The molecule has 3 rings (SSSR count). The zero-order chi connectivity index (χ0) is 24.4. The molecule has 0 fully saturated rings. The van der Waals surface area contributed by atoms with Gasteiger partial charge in [0.15, 0.2) is 0 Å². The van der Waals surface area contributed by atoms with Crippen LogP contribution >= 0.6 is 0 Å². The number of pyridine rings is 1. The maximum atomic E-state index is 13.0. The number of aryl methyl sites for hydroxylation is 1. The Balaban J connectivity index is 1.77. The summed E-state index contributed by atoms with van der Waals surface area (Å²) in [5.74, 6) is -0.689. The van der Waals surface area contributed by atoms with Crippen molar-refractivity contribution in [2.24, 2.45) is 7.05 Å². The van der Waals surface area contributed by atoms with E-state index in [9.17, 15) is 36.2 Å². The Labute approximate surface area is 183 Å². The molecule has 0 unspecified atom stereocenters. The minimum absolute atomic E-state index is 0.0706. The number of hydrogen-bond donors (Lipinski definition) is 2. The zero-order valence-corrected chi connectivity index (χ0v) is 16.8. The minimum atomic E-state index is -5.99. The van der Waals surface area contributed by atoms with Crippen molar-refractivity contribution in [3.8, 4) is 11.1 Å². The molecule has 0 atom stereocenters. The number of alkyl halides is 6. The molecule has 33 heavy (non-hydrogen) atoms. The van der Waals surface area contributed by atoms with Gasteiger partial charge in [-0.1, -0.05) is 12.1 Å². The number of nitrogens with zero attached hydrogens (tertiary/aromatic N) is 3. The average Bonchev–Trinajstić information content (AvgIpc) is 3.17. The van der Waals surface area contributed by atoms with Gasteiger partial charge in [0.2, 0.25) is 5.91 Å². The van der Waals surface area contributed by atoms with Crippen LogP contribution in [0.3, 0.4) is 0 Å². The van der Waals surface area contributed by atoms with Gasteiger partial charge in [-0.3, -0.25) is 14.5 Å². The molecule has 0 aliphatic carbocycles. The molecule has 0 radical (unpaired) electrons. The van der Waals surface area contributed by atoms with Crippen molar-refractivity contribution in [3.05, 3.63) is 72.3 Å². The number of nitrogens with one attached hydrogen (secondary N) is 1. The smallest absolute Gasteiger partial charge is 0.369 e. The Kier molecular flexibility index (Phi) is 6.32. The lowest BCUT2D eigenvalue weighted by Crippen LogP contribution is -2.53. The normalized spacial score (nSPS) is 12.8. The van der Waals surface area contributed by atoms with Crippen LogP contribution in [0.15, 0.2) is 61.2 Å². The summed E-state index contributed by atoms with van der Waals surface area (Å²) in [5.41, 5.74) is -4.43. The van der Waals surface area contributed by atoms with E-state index in [-0.39, 0.29) is 5.69 Å². The lowest BCUT2D eigenvalue weighted by Gasteiger charge is -2.32. The molecule has 2 N–H and O–H groups in total. The Hall–Kier alpha value is -3.67. The van der Waals surface area contributed by atoms with Crippen LogP contribution in [0.5, 0.6) is 0 Å². The van der Waals surface area contributed by atoms with E-state index in [0.29, 0.717) is 17.7 Å². The van der Waals surface area contributed by atoms with Crippen molar-refractivity contribution in [2.75, 3.05) is 5.32 Å². The second-order valence-electron chi connectivity index (χ2n) is 6.97. The molecule has 174 valence electrons. The molecule has 0 saturated carbocycles. The predicted octanol–water partition coefficient (Wildman–Crippen LogP) is 4.45. The number of halogens is 6. The lowest BCUT2D eigenvalue weighted by molar-refractivity contribution is -0.376. The molecule has 2 aromatic heterocycles. The van der Waals surface area contributed by atoms with E-state index in [2.05, 4.69) is 15.4 Å². The summed E-state index contributed by atoms with van der Waals surface area (Å²) >= 11 is 0. The van der Waals surface area contributed by atoms with Crippen molar-refractivity contribution in [3.63, 3.8) is 0 Å². The molecular formula is C21H16F6N4O2. The highest BCUT2D eigenvalue weighted by Crippen LogP contribution is 2.50. The Bertz CT molecular complexity index is 1150. The third-order valence-corrected chi connectivity index (χ3v) is 4.67. The molecule has 0 spiro atoms. The number of benzene rings is 1. The number of aliphatic hydroxyl groups is 1. The van der Waals surface area contributed by atoms with Gasteiger partial charge in [-0.25, -0.2) is 0 Å². The second-order valence-corrected chi connectivity index (χ2v) is 6.97. The number of carbonyl (C=O) groups excluding carboxylic acids is 1. The Morgan fingerprint density at radius 2 is 1.67 bits per heavy atom. The maximum absolute atomic E-state index is 13.0. The third-order valence-electron chi connectivity index (χ3n) is 4.67. The minimum Gasteiger partial charge on any atom is -0.369 e. The summed E-state index contributed by atoms with van der Waals surface area (Å²) < 4.78 is 79.3. The Morgan fingerprint density at radius 3 is 2.21 bits per heavy atom. The molecule has 0 aliphatic heterocycles. The summed E-state index contributed by atoms with van der Waals surface area (Å²) in [5, 5.41) is 15.8. The largest absolute Gasteiger partial charge is 0.430 e. The van der Waals surface area contributed by atoms with Crippen LogP contribution in [-0.2, 0) is 17.4 Å². The Morgan fingerprint density at radius 1 is 1.03 bits per heavy atom. The van der Waals surface area contributed by atoms with Gasteiger partial charge in [-0.2, -0.15) is 31.4 Å². The first kappa shape index (κ1) is 24.0. The SMILES string of the molecule is Cn1cc(-c2ccncc2/C=C/C(=O)Nc2ccc(C(O)(C(F)(F)F)C(F)(F)F)cc2)cn1. The number of carbonyl (C=O) groups is 1. The molecular weight excluding hydrogens is 454 g/mol. The quantitative estimate of drug-likeness (QED) is 0.427. The highest BCUT2D eigenvalue weighted by Gasteiger charge is 2.71. The summed E-state index contributed by atoms with van der Waals surface area (Å²) in [6.45, 7) is 0. The van der Waals surface area contributed by atoms with Gasteiger partial charge >= 0.3 is 12.4 Å². The van der Waals surface area contributed by atoms with Crippen molar-refractivity contribution in [2.45, 2.75) is 18.0 Å². The van der Waals surface area contributed by atoms with E-state index in [0.717, 1.165) is 29.3 Å². The average molecular weight is 470 g/mol. The molecule has 3 aromatic rings. The molecule has 0 bridgehead atoms. The molecule has 2 heterocycles. The predicted molar refractivity (Wildman–Crippen MR) is 107 cm³/mol. The van der Waals surface area contributed by atoms with Crippen LogP contribution in [0, 0.1) is 0 Å². The monoisotopic (exact) mass is 470 g/mol. The summed E-state index contributed by atoms with van der Waals surface area (Å²) in [4.78, 5) is 16.2. The van der Waals surface area contributed by atoms with Gasteiger partial charge in [0.1, 0.15) is 0 Å². The first-order valence-electron chi connectivity index (χ1n) is 9.21. The van der Waals surface area contributed by atoms with Crippen LogP contribution in [-0.4, -0.2) is 38.1 Å². The van der Waals surface area contributed by atoms with E-state index < -0.39 is 29.4 Å². The molecule has 1 amide bonds. The van der Waals surface area contributed by atoms with Gasteiger partial charge in [0.25, 0.3) is 5.60 Å². The summed E-state index contributed by atoms with van der Waals surface area (Å²) in [7, 11) is 1.74. The molecule has 12 heteroatoms. The van der Waals surface area contributed by atoms with E-state index in [4.69, 9.17) is 0 Å². The maximum Gasteiger partial charge on any atom is 0.430 e. The van der Waals surface area contributed by atoms with Crippen molar-refractivity contribution >= 4 is 17.7 Å². The fourth-order valence-corrected chi connectivity index (χ4v) is 2.99. The third kappa shape index (κ3) is 4.90. The van der Waals surface area contributed by atoms with Crippen molar-refractivity contribution < 1.29 is 36.2 Å². The van der Waals surface area contributed by atoms with Gasteiger partial charge in [-0.05, 0) is 29.8 Å². The highest BCUT2D eigenvalue weighted by atomic mass is 19.4. The summed E-state index contributed by atoms with van der Waals surface area (Å²) in [6.07, 6.45) is -2.95. The number of amides is 1. The van der Waals surface area contributed by atoms with Crippen LogP contribution in [0.4, 0.5) is 32.0 Å². The van der Waals surface area contributed by atoms with E-state index in [1.165, 1.54) is 12.3 Å². The van der Waals surface area contributed by atoms with Crippen LogP contribution < -0.4 is 5.32 Å². The van der Waals surface area contributed by atoms with Gasteiger partial charge < -0.3 is 10.4 Å². The molecule has 0 aliphatic rings. The number of anilines is 1. The summed E-state index contributed by atoms with van der Waals surface area (Å²) in [6, 6.07) is 4.27. The fourth-order valence-electron chi connectivity index (χ4n) is 2.99. The van der Waals surface area contributed by atoms with Crippen LogP contribution in [0.25, 0.3) is 17.2 Å². The standard InChI is InChI=1S/C21H16F6N4O2/c1-31-12-14(11-29-31)17-8-9-28-10-13(17)2-7-18(32)30-16-5-3-15(4-6-16)19(33,20(22,23)24)21(25,26)27/h2-12,33H,1H3,(H,30,32)/b7-2+. The fraction of sp³-hybridized carbons (Fsp3) is 0.190. The van der Waals surface area contributed by atoms with E-state index in [1.54, 1.807) is 36.4 Å². The van der Waals surface area contributed by atoms with Crippen LogP contribution in [0.2, 0.25) is 0 Å². The lowest BCUT2D eigenvalue weighted by atomic mass is 9.92. The highest BCUT2D eigenvalue weighted by molar-refractivity contribution is 6.02.